The molecule has 0 fully saturated rings. The van der Waals surface area contributed by atoms with Crippen LogP contribution in [0.1, 0.15) is 17.0 Å². The predicted molar refractivity (Wildman–Crippen MR) is 110 cm³/mol. The summed E-state index contributed by atoms with van der Waals surface area (Å²) in [5.41, 5.74) is 2.47. The molecule has 0 aliphatic carbocycles. The molecule has 29 heavy (non-hydrogen) atoms. The van der Waals surface area contributed by atoms with Crippen molar-refractivity contribution >= 4 is 0 Å². The standard InChI is InChI=1S/C24H19FN2O2/c25-21-14-19(11-12-22(21)29-16-18-9-5-2-6-10-18)20-15-26-23(27-24(20)28)13-17-7-3-1-4-8-17/h1-12,14-15H,13,16H2,(H,26,27,28). The monoisotopic (exact) mass is 386 g/mol. The molecule has 0 saturated carbocycles. The second-order valence-electron chi connectivity index (χ2n) is 6.65. The minimum atomic E-state index is -0.522. The Kier molecular flexibility index (Phi) is 5.47. The van der Waals surface area contributed by atoms with Gasteiger partial charge in [-0.3, -0.25) is 4.79 Å². The third-order valence-electron chi connectivity index (χ3n) is 4.55. The fourth-order valence-corrected chi connectivity index (χ4v) is 3.04. The molecule has 5 heteroatoms. The Morgan fingerprint density at radius 1 is 0.897 bits per heavy atom. The Morgan fingerprint density at radius 2 is 1.59 bits per heavy atom. The van der Waals surface area contributed by atoms with Crippen LogP contribution < -0.4 is 10.3 Å². The molecule has 0 spiro atoms. The number of nitrogens with zero attached hydrogens (tertiary/aromatic N) is 1. The number of hydrogen-bond donors (Lipinski definition) is 1. The van der Waals surface area contributed by atoms with Crippen molar-refractivity contribution in [2.45, 2.75) is 13.0 Å². The second-order valence-corrected chi connectivity index (χ2v) is 6.65. The number of aromatic amines is 1. The van der Waals surface area contributed by atoms with Crippen LogP contribution in [-0.2, 0) is 13.0 Å². The first-order valence-corrected chi connectivity index (χ1v) is 9.28. The van der Waals surface area contributed by atoms with Gasteiger partial charge < -0.3 is 9.72 Å². The normalized spacial score (nSPS) is 10.7. The summed E-state index contributed by atoms with van der Waals surface area (Å²) in [6.45, 7) is 0.271. The molecule has 0 saturated heterocycles. The summed E-state index contributed by atoms with van der Waals surface area (Å²) in [7, 11) is 0. The topological polar surface area (TPSA) is 55.0 Å². The van der Waals surface area contributed by atoms with Gasteiger partial charge in [0.2, 0.25) is 0 Å². The maximum absolute atomic E-state index is 14.5. The van der Waals surface area contributed by atoms with Crippen molar-refractivity contribution < 1.29 is 9.13 Å². The molecule has 0 aliphatic heterocycles. The van der Waals surface area contributed by atoms with Gasteiger partial charge in [0.15, 0.2) is 11.6 Å². The van der Waals surface area contributed by atoms with E-state index in [0.717, 1.165) is 11.1 Å². The Labute approximate surface area is 167 Å². The van der Waals surface area contributed by atoms with Crippen molar-refractivity contribution in [3.05, 3.63) is 118 Å². The molecule has 0 unspecified atom stereocenters. The molecule has 4 rings (SSSR count). The van der Waals surface area contributed by atoms with E-state index in [2.05, 4.69) is 9.97 Å². The molecule has 4 aromatic rings. The average Bonchev–Trinajstić information content (AvgIpc) is 2.74. The molecule has 0 bridgehead atoms. The van der Waals surface area contributed by atoms with Gasteiger partial charge in [0.05, 0.1) is 5.56 Å². The van der Waals surface area contributed by atoms with Gasteiger partial charge in [-0.25, -0.2) is 9.37 Å². The van der Waals surface area contributed by atoms with E-state index in [0.29, 0.717) is 23.4 Å². The SMILES string of the molecule is O=c1[nH]c(Cc2ccccc2)ncc1-c1ccc(OCc2ccccc2)c(F)c1. The highest BCUT2D eigenvalue weighted by Crippen LogP contribution is 2.24. The van der Waals surface area contributed by atoms with Gasteiger partial charge in [0.1, 0.15) is 12.4 Å². The minimum absolute atomic E-state index is 0.141. The fraction of sp³-hybridized carbons (Fsp3) is 0.0833. The molecule has 1 N–H and O–H groups in total. The highest BCUT2D eigenvalue weighted by molar-refractivity contribution is 5.62. The molecule has 0 aliphatic rings. The third kappa shape index (κ3) is 4.58. The Morgan fingerprint density at radius 3 is 2.24 bits per heavy atom. The molecule has 0 radical (unpaired) electrons. The highest BCUT2D eigenvalue weighted by atomic mass is 19.1. The molecule has 0 atom stereocenters. The first-order chi connectivity index (χ1) is 14.2. The van der Waals surface area contributed by atoms with E-state index >= 15 is 0 Å². The summed E-state index contributed by atoms with van der Waals surface area (Å²) in [4.78, 5) is 19.6. The van der Waals surface area contributed by atoms with Crippen molar-refractivity contribution in [2.75, 3.05) is 0 Å². The van der Waals surface area contributed by atoms with E-state index in [1.165, 1.54) is 18.3 Å². The molecular weight excluding hydrogens is 367 g/mol. The first-order valence-electron chi connectivity index (χ1n) is 9.28. The zero-order chi connectivity index (χ0) is 20.1. The lowest BCUT2D eigenvalue weighted by Crippen LogP contribution is -2.13. The average molecular weight is 386 g/mol. The Balaban J connectivity index is 1.51. The maximum atomic E-state index is 14.5. The number of nitrogens with one attached hydrogen (secondary N) is 1. The summed E-state index contributed by atoms with van der Waals surface area (Å²) in [6, 6.07) is 23.8. The number of rotatable bonds is 6. The van der Waals surface area contributed by atoms with Crippen molar-refractivity contribution in [1.82, 2.24) is 9.97 Å². The molecule has 144 valence electrons. The summed E-state index contributed by atoms with van der Waals surface area (Å²) in [6.07, 6.45) is 2.01. The van der Waals surface area contributed by atoms with Gasteiger partial charge >= 0.3 is 0 Å². The van der Waals surface area contributed by atoms with Crippen LogP contribution in [0.4, 0.5) is 4.39 Å². The second kappa shape index (κ2) is 8.52. The maximum Gasteiger partial charge on any atom is 0.258 e. The Hall–Kier alpha value is -3.73. The van der Waals surface area contributed by atoms with E-state index in [-0.39, 0.29) is 17.9 Å². The molecule has 4 nitrogen and oxygen atoms in total. The van der Waals surface area contributed by atoms with Crippen molar-refractivity contribution in [3.8, 4) is 16.9 Å². The van der Waals surface area contributed by atoms with Crippen LogP contribution in [0, 0.1) is 5.82 Å². The lowest BCUT2D eigenvalue weighted by atomic mass is 10.1. The molecule has 1 aromatic heterocycles. The van der Waals surface area contributed by atoms with Crippen LogP contribution >= 0.6 is 0 Å². The van der Waals surface area contributed by atoms with Crippen LogP contribution in [-0.4, -0.2) is 9.97 Å². The number of aromatic nitrogens is 2. The largest absolute Gasteiger partial charge is 0.486 e. The number of halogens is 1. The minimum Gasteiger partial charge on any atom is -0.486 e. The zero-order valence-electron chi connectivity index (χ0n) is 15.6. The quantitative estimate of drug-likeness (QED) is 0.520. The van der Waals surface area contributed by atoms with Gasteiger partial charge in [-0.2, -0.15) is 0 Å². The van der Waals surface area contributed by atoms with E-state index in [4.69, 9.17) is 4.74 Å². The van der Waals surface area contributed by atoms with Crippen molar-refractivity contribution in [2.24, 2.45) is 0 Å². The fourth-order valence-electron chi connectivity index (χ4n) is 3.04. The lowest BCUT2D eigenvalue weighted by molar-refractivity contribution is 0.290. The van der Waals surface area contributed by atoms with Crippen molar-refractivity contribution in [3.63, 3.8) is 0 Å². The smallest absolute Gasteiger partial charge is 0.258 e. The van der Waals surface area contributed by atoms with Gasteiger partial charge in [-0.1, -0.05) is 66.7 Å². The van der Waals surface area contributed by atoms with Crippen molar-refractivity contribution in [1.29, 1.82) is 0 Å². The van der Waals surface area contributed by atoms with E-state index < -0.39 is 5.82 Å². The van der Waals surface area contributed by atoms with Crippen LogP contribution in [0.2, 0.25) is 0 Å². The molecule has 3 aromatic carbocycles. The van der Waals surface area contributed by atoms with Crippen LogP contribution in [0.15, 0.2) is 89.9 Å². The predicted octanol–water partition coefficient (Wildman–Crippen LogP) is 4.75. The summed E-state index contributed by atoms with van der Waals surface area (Å²) in [5.74, 6) is 0.183. The third-order valence-corrected chi connectivity index (χ3v) is 4.55. The first kappa shape index (κ1) is 18.6. The lowest BCUT2D eigenvalue weighted by Gasteiger charge is -2.09. The Bertz CT molecular complexity index is 1160. The molecular formula is C24H19FN2O2. The van der Waals surface area contributed by atoms with Crippen LogP contribution in [0.3, 0.4) is 0 Å². The van der Waals surface area contributed by atoms with Gasteiger partial charge in [-0.05, 0) is 28.8 Å². The van der Waals surface area contributed by atoms with E-state index in [1.54, 1.807) is 6.07 Å². The van der Waals surface area contributed by atoms with Gasteiger partial charge in [-0.15, -0.1) is 0 Å². The molecule has 1 heterocycles. The van der Waals surface area contributed by atoms with Crippen LogP contribution in [0.25, 0.3) is 11.1 Å². The summed E-state index contributed by atoms with van der Waals surface area (Å²) >= 11 is 0. The van der Waals surface area contributed by atoms with E-state index in [9.17, 15) is 9.18 Å². The number of H-pyrrole nitrogens is 1. The molecule has 0 amide bonds. The van der Waals surface area contributed by atoms with Crippen LogP contribution in [0.5, 0.6) is 5.75 Å². The summed E-state index contributed by atoms with van der Waals surface area (Å²) < 4.78 is 20.0. The summed E-state index contributed by atoms with van der Waals surface area (Å²) in [5, 5.41) is 0. The van der Waals surface area contributed by atoms with Gasteiger partial charge in [0, 0.05) is 12.6 Å². The highest BCUT2D eigenvalue weighted by Gasteiger charge is 2.11. The number of hydrogen-bond acceptors (Lipinski definition) is 3. The van der Waals surface area contributed by atoms with E-state index in [1.807, 2.05) is 60.7 Å². The number of ether oxygens (including phenoxy) is 1. The zero-order valence-corrected chi connectivity index (χ0v) is 15.6. The number of benzene rings is 3. The van der Waals surface area contributed by atoms with Gasteiger partial charge in [0.25, 0.3) is 5.56 Å².